The molecule has 76 valence electrons. The summed E-state index contributed by atoms with van der Waals surface area (Å²) >= 11 is 3.62. The maximum Gasteiger partial charge on any atom is 0.0576 e. The van der Waals surface area contributed by atoms with Gasteiger partial charge in [-0.05, 0) is 23.4 Å². The fraction of sp³-hybridized carbons (Fsp3) is 0.400. The number of hydrogen-bond acceptors (Lipinski definition) is 4. The summed E-state index contributed by atoms with van der Waals surface area (Å²) in [5, 5.41) is 2.13. The molecule has 0 bridgehead atoms. The van der Waals surface area contributed by atoms with Crippen molar-refractivity contribution in [3.8, 4) is 0 Å². The van der Waals surface area contributed by atoms with Crippen molar-refractivity contribution < 1.29 is 0 Å². The molecule has 0 radical (unpaired) electrons. The van der Waals surface area contributed by atoms with Crippen molar-refractivity contribution in [3.63, 3.8) is 0 Å². The normalized spacial score (nSPS) is 14.0. The van der Waals surface area contributed by atoms with Crippen molar-refractivity contribution in [2.45, 2.75) is 19.9 Å². The van der Waals surface area contributed by atoms with Crippen LogP contribution in [-0.4, -0.2) is 0 Å². The Labute approximate surface area is 91.7 Å². The number of fused-ring (bicyclic) bond motifs is 1. The van der Waals surface area contributed by atoms with E-state index in [1.165, 1.54) is 14.3 Å². The van der Waals surface area contributed by atoms with Crippen LogP contribution in [0.1, 0.15) is 24.8 Å². The highest BCUT2D eigenvalue weighted by Gasteiger charge is 2.16. The number of hydrazine groups is 1. The maximum atomic E-state index is 5.56. The van der Waals surface area contributed by atoms with E-state index in [1.54, 1.807) is 11.3 Å². The molecule has 0 saturated heterocycles. The highest BCUT2D eigenvalue weighted by atomic mass is 32.1. The van der Waals surface area contributed by atoms with Gasteiger partial charge in [0.15, 0.2) is 0 Å². The van der Waals surface area contributed by atoms with Crippen molar-refractivity contribution in [2.75, 3.05) is 0 Å². The Morgan fingerprint density at radius 1 is 1.36 bits per heavy atom. The molecule has 3 N–H and O–H groups in total. The van der Waals surface area contributed by atoms with E-state index >= 15 is 0 Å². The van der Waals surface area contributed by atoms with Crippen LogP contribution in [0.5, 0.6) is 0 Å². The second-order valence-electron chi connectivity index (χ2n) is 3.69. The molecule has 0 aliphatic heterocycles. The molecule has 4 heteroatoms. The SMILES string of the molecule is CC(C)C(NN)c1cc2sccc2s1. The lowest BCUT2D eigenvalue weighted by atomic mass is 10.0. The van der Waals surface area contributed by atoms with Gasteiger partial charge in [0, 0.05) is 14.3 Å². The fourth-order valence-corrected chi connectivity index (χ4v) is 3.89. The molecule has 0 aromatic carbocycles. The minimum absolute atomic E-state index is 0.277. The topological polar surface area (TPSA) is 38.0 Å². The zero-order chi connectivity index (χ0) is 10.1. The number of thiophene rings is 2. The van der Waals surface area contributed by atoms with Crippen molar-refractivity contribution in [3.05, 3.63) is 22.4 Å². The molecule has 1 atom stereocenters. The molecule has 2 aromatic rings. The first-order valence-corrected chi connectivity index (χ1v) is 6.35. The minimum Gasteiger partial charge on any atom is -0.271 e. The van der Waals surface area contributed by atoms with Crippen LogP contribution in [-0.2, 0) is 0 Å². The lowest BCUT2D eigenvalue weighted by Gasteiger charge is -2.17. The van der Waals surface area contributed by atoms with Crippen molar-refractivity contribution in [1.82, 2.24) is 5.43 Å². The zero-order valence-electron chi connectivity index (χ0n) is 8.28. The number of rotatable bonds is 3. The third-order valence-electron chi connectivity index (χ3n) is 2.31. The van der Waals surface area contributed by atoms with E-state index in [9.17, 15) is 0 Å². The summed E-state index contributed by atoms with van der Waals surface area (Å²) in [6, 6.07) is 4.69. The first-order chi connectivity index (χ1) is 6.72. The molecule has 0 aliphatic carbocycles. The Bertz CT molecular complexity index is 388. The first-order valence-electron chi connectivity index (χ1n) is 4.65. The Hall–Kier alpha value is -0.420. The molecule has 1 unspecified atom stereocenters. The summed E-state index contributed by atoms with van der Waals surface area (Å²) in [6.45, 7) is 4.36. The molecule has 0 spiro atoms. The lowest BCUT2D eigenvalue weighted by molar-refractivity contribution is 0.427. The van der Waals surface area contributed by atoms with Gasteiger partial charge in [-0.1, -0.05) is 13.8 Å². The third-order valence-corrected chi connectivity index (χ3v) is 4.49. The summed E-state index contributed by atoms with van der Waals surface area (Å²) in [5.41, 5.74) is 2.88. The van der Waals surface area contributed by atoms with Crippen molar-refractivity contribution >= 4 is 32.1 Å². The first kappa shape index (κ1) is 10.1. The molecular weight excluding hydrogens is 212 g/mol. The van der Waals surface area contributed by atoms with Crippen LogP contribution in [0.2, 0.25) is 0 Å². The summed E-state index contributed by atoms with van der Waals surface area (Å²) < 4.78 is 2.73. The van der Waals surface area contributed by atoms with Gasteiger partial charge in [0.25, 0.3) is 0 Å². The monoisotopic (exact) mass is 226 g/mol. The van der Waals surface area contributed by atoms with Crippen LogP contribution in [0.25, 0.3) is 9.40 Å². The number of nitrogens with two attached hydrogens (primary N) is 1. The average Bonchev–Trinajstić information content (AvgIpc) is 2.63. The van der Waals surface area contributed by atoms with Gasteiger partial charge in [-0.3, -0.25) is 11.3 Å². The van der Waals surface area contributed by atoms with E-state index < -0.39 is 0 Å². The average molecular weight is 226 g/mol. The maximum absolute atomic E-state index is 5.56. The molecule has 0 fully saturated rings. The van der Waals surface area contributed by atoms with Gasteiger partial charge in [0.1, 0.15) is 0 Å². The zero-order valence-corrected chi connectivity index (χ0v) is 9.91. The fourth-order valence-electron chi connectivity index (χ4n) is 1.54. The minimum atomic E-state index is 0.277. The van der Waals surface area contributed by atoms with Gasteiger partial charge in [-0.25, -0.2) is 0 Å². The molecule has 2 aromatic heterocycles. The van der Waals surface area contributed by atoms with Crippen LogP contribution < -0.4 is 11.3 Å². The lowest BCUT2D eigenvalue weighted by Crippen LogP contribution is -2.30. The van der Waals surface area contributed by atoms with Crippen LogP contribution in [0.15, 0.2) is 17.5 Å². The van der Waals surface area contributed by atoms with Crippen LogP contribution in [0.3, 0.4) is 0 Å². The van der Waals surface area contributed by atoms with E-state index in [2.05, 4.69) is 36.8 Å². The molecule has 2 rings (SSSR count). The largest absolute Gasteiger partial charge is 0.271 e. The second-order valence-corrected chi connectivity index (χ2v) is 5.75. The van der Waals surface area contributed by atoms with Gasteiger partial charge in [0.05, 0.1) is 6.04 Å². The molecular formula is C10H14N2S2. The Balaban J connectivity index is 2.37. The molecule has 0 amide bonds. The van der Waals surface area contributed by atoms with E-state index in [4.69, 9.17) is 5.84 Å². The summed E-state index contributed by atoms with van der Waals surface area (Å²) in [7, 11) is 0. The second kappa shape index (κ2) is 3.98. The van der Waals surface area contributed by atoms with E-state index in [-0.39, 0.29) is 6.04 Å². The molecule has 0 saturated carbocycles. The van der Waals surface area contributed by atoms with E-state index in [0.717, 1.165) is 0 Å². The Kier molecular flexibility index (Phi) is 2.88. The van der Waals surface area contributed by atoms with Crippen molar-refractivity contribution in [2.24, 2.45) is 11.8 Å². The molecule has 2 nitrogen and oxygen atoms in total. The highest BCUT2D eigenvalue weighted by molar-refractivity contribution is 7.26. The summed E-state index contributed by atoms with van der Waals surface area (Å²) in [5.74, 6) is 6.08. The van der Waals surface area contributed by atoms with Crippen LogP contribution >= 0.6 is 22.7 Å². The summed E-state index contributed by atoms with van der Waals surface area (Å²) in [6.07, 6.45) is 0. The van der Waals surface area contributed by atoms with Gasteiger partial charge in [0.2, 0.25) is 0 Å². The van der Waals surface area contributed by atoms with E-state index in [1.807, 2.05) is 11.3 Å². The van der Waals surface area contributed by atoms with Crippen LogP contribution in [0.4, 0.5) is 0 Å². The van der Waals surface area contributed by atoms with Crippen molar-refractivity contribution in [1.29, 1.82) is 0 Å². The summed E-state index contributed by atoms with van der Waals surface area (Å²) in [4.78, 5) is 1.34. The predicted molar refractivity (Wildman–Crippen MR) is 64.6 cm³/mol. The highest BCUT2D eigenvalue weighted by Crippen LogP contribution is 2.35. The van der Waals surface area contributed by atoms with Crippen LogP contribution in [0, 0.1) is 5.92 Å². The van der Waals surface area contributed by atoms with Gasteiger partial charge < -0.3 is 0 Å². The smallest absolute Gasteiger partial charge is 0.0576 e. The predicted octanol–water partition coefficient (Wildman–Crippen LogP) is 3.12. The standard InChI is InChI=1S/C10H14N2S2/c1-6(2)10(12-11)9-5-8-7(14-9)3-4-13-8/h3-6,10,12H,11H2,1-2H3. The Morgan fingerprint density at radius 3 is 2.71 bits per heavy atom. The molecule has 0 aliphatic rings. The van der Waals surface area contributed by atoms with Gasteiger partial charge in [-0.2, -0.15) is 0 Å². The number of nitrogens with one attached hydrogen (secondary N) is 1. The third kappa shape index (κ3) is 1.70. The Morgan fingerprint density at radius 2 is 2.14 bits per heavy atom. The van der Waals surface area contributed by atoms with E-state index in [0.29, 0.717) is 5.92 Å². The van der Waals surface area contributed by atoms with Gasteiger partial charge >= 0.3 is 0 Å². The molecule has 14 heavy (non-hydrogen) atoms. The van der Waals surface area contributed by atoms with Gasteiger partial charge in [-0.15, -0.1) is 22.7 Å². The number of hydrogen-bond donors (Lipinski definition) is 2. The molecule has 2 heterocycles. The quantitative estimate of drug-likeness (QED) is 0.623.